The quantitative estimate of drug-likeness (QED) is 0.797. The number of nitrogens with one attached hydrogen (secondary N) is 1. The van der Waals surface area contributed by atoms with Crippen LogP contribution in [0.4, 0.5) is 0 Å². The van der Waals surface area contributed by atoms with Gasteiger partial charge in [-0.25, -0.2) is 9.78 Å². The molecular formula is C14H21ClN4O2. The summed E-state index contributed by atoms with van der Waals surface area (Å²) in [7, 11) is 0. The molecular weight excluding hydrogens is 292 g/mol. The molecule has 0 spiro atoms. The minimum atomic E-state index is -0.401. The van der Waals surface area contributed by atoms with Crippen LogP contribution in [0.25, 0.3) is 11.2 Å². The van der Waals surface area contributed by atoms with Crippen LogP contribution in [0.2, 0.25) is 0 Å². The number of fused-ring (bicyclic) bond motifs is 1. The van der Waals surface area contributed by atoms with Gasteiger partial charge in [0.15, 0.2) is 11.2 Å². The van der Waals surface area contributed by atoms with E-state index in [2.05, 4.69) is 23.8 Å². The first-order chi connectivity index (χ1) is 10.1. The highest BCUT2D eigenvalue weighted by molar-refractivity contribution is 6.16. The van der Waals surface area contributed by atoms with Gasteiger partial charge in [0.1, 0.15) is 5.82 Å². The van der Waals surface area contributed by atoms with E-state index in [1.54, 1.807) is 4.57 Å². The molecule has 0 amide bonds. The Hall–Kier alpha value is -1.56. The minimum Gasteiger partial charge on any atom is -0.321 e. The lowest BCUT2D eigenvalue weighted by molar-refractivity contribution is 0.610. The lowest BCUT2D eigenvalue weighted by Gasteiger charge is -2.07. The van der Waals surface area contributed by atoms with Crippen molar-refractivity contribution in [2.24, 2.45) is 0 Å². The Morgan fingerprint density at radius 2 is 1.71 bits per heavy atom. The Labute approximate surface area is 127 Å². The monoisotopic (exact) mass is 312 g/mol. The van der Waals surface area contributed by atoms with E-state index in [1.807, 2.05) is 4.57 Å². The van der Waals surface area contributed by atoms with Gasteiger partial charge >= 0.3 is 5.69 Å². The number of hydrogen-bond donors (Lipinski definition) is 1. The molecule has 2 aromatic rings. The van der Waals surface area contributed by atoms with Crippen molar-refractivity contribution in [1.82, 2.24) is 19.1 Å². The predicted molar refractivity (Wildman–Crippen MR) is 84.0 cm³/mol. The smallest absolute Gasteiger partial charge is 0.321 e. The number of H-pyrrole nitrogens is 1. The zero-order valence-corrected chi connectivity index (χ0v) is 13.2. The van der Waals surface area contributed by atoms with Crippen molar-refractivity contribution in [2.45, 2.75) is 58.5 Å². The number of aryl methyl sites for hydroxylation is 2. The van der Waals surface area contributed by atoms with E-state index in [1.165, 1.54) is 0 Å². The number of halogens is 1. The zero-order valence-electron chi connectivity index (χ0n) is 12.5. The van der Waals surface area contributed by atoms with Gasteiger partial charge in [0.2, 0.25) is 0 Å². The number of aromatic nitrogens is 4. The number of alkyl halides is 1. The van der Waals surface area contributed by atoms with Gasteiger partial charge in [-0.05, 0) is 12.8 Å². The van der Waals surface area contributed by atoms with Crippen molar-refractivity contribution in [3.8, 4) is 0 Å². The molecule has 0 aliphatic heterocycles. The zero-order chi connectivity index (χ0) is 15.4. The molecule has 21 heavy (non-hydrogen) atoms. The fraction of sp³-hybridized carbons (Fsp3) is 0.643. The van der Waals surface area contributed by atoms with Gasteiger partial charge in [-0.2, -0.15) is 0 Å². The van der Waals surface area contributed by atoms with Gasteiger partial charge in [0.25, 0.3) is 5.56 Å². The average molecular weight is 313 g/mol. The molecule has 0 aliphatic carbocycles. The Balaban J connectivity index is 2.68. The van der Waals surface area contributed by atoms with Crippen molar-refractivity contribution >= 4 is 22.8 Å². The largest absolute Gasteiger partial charge is 0.330 e. The van der Waals surface area contributed by atoms with Gasteiger partial charge in [-0.1, -0.05) is 26.7 Å². The van der Waals surface area contributed by atoms with E-state index in [0.717, 1.165) is 25.7 Å². The second-order valence-corrected chi connectivity index (χ2v) is 5.37. The Bertz CT molecular complexity index is 729. The first kappa shape index (κ1) is 15.8. The summed E-state index contributed by atoms with van der Waals surface area (Å²) in [5, 5.41) is 0. The summed E-state index contributed by atoms with van der Waals surface area (Å²) in [6.45, 7) is 5.37. The lowest BCUT2D eigenvalue weighted by atomic mass is 10.3. The molecule has 1 N–H and O–H groups in total. The van der Waals surface area contributed by atoms with Gasteiger partial charge in [0, 0.05) is 13.1 Å². The minimum absolute atomic E-state index is 0.222. The van der Waals surface area contributed by atoms with E-state index in [4.69, 9.17) is 11.6 Å². The normalized spacial score (nSPS) is 11.4. The first-order valence-corrected chi connectivity index (χ1v) is 7.95. The molecule has 6 nitrogen and oxygen atoms in total. The van der Waals surface area contributed by atoms with E-state index in [9.17, 15) is 9.59 Å². The number of hydrogen-bond acceptors (Lipinski definition) is 3. The van der Waals surface area contributed by atoms with Crippen LogP contribution in [0.5, 0.6) is 0 Å². The molecule has 0 radical (unpaired) electrons. The molecule has 2 aromatic heterocycles. The number of aromatic amines is 1. The fourth-order valence-corrected chi connectivity index (χ4v) is 2.60. The topological polar surface area (TPSA) is 72.7 Å². The van der Waals surface area contributed by atoms with Crippen molar-refractivity contribution in [3.05, 3.63) is 26.7 Å². The molecule has 0 saturated heterocycles. The average Bonchev–Trinajstić information content (AvgIpc) is 2.83. The molecule has 0 unspecified atom stereocenters. The van der Waals surface area contributed by atoms with Crippen LogP contribution in [0.15, 0.2) is 9.59 Å². The van der Waals surface area contributed by atoms with Gasteiger partial charge in [-0.15, -0.1) is 11.6 Å². The van der Waals surface area contributed by atoms with Crippen molar-refractivity contribution in [1.29, 1.82) is 0 Å². The lowest BCUT2D eigenvalue weighted by Crippen LogP contribution is -2.31. The molecule has 7 heteroatoms. The van der Waals surface area contributed by atoms with E-state index in [-0.39, 0.29) is 11.4 Å². The molecule has 0 aromatic carbocycles. The molecule has 0 fully saturated rings. The number of imidazole rings is 1. The molecule has 0 atom stereocenters. The first-order valence-electron chi connectivity index (χ1n) is 7.42. The van der Waals surface area contributed by atoms with Gasteiger partial charge in [0.05, 0.1) is 5.88 Å². The van der Waals surface area contributed by atoms with Crippen LogP contribution in [-0.4, -0.2) is 19.1 Å². The maximum atomic E-state index is 12.2. The van der Waals surface area contributed by atoms with E-state index in [0.29, 0.717) is 30.1 Å². The molecule has 116 valence electrons. The Morgan fingerprint density at radius 3 is 2.29 bits per heavy atom. The molecule has 0 bridgehead atoms. The van der Waals surface area contributed by atoms with Gasteiger partial charge < -0.3 is 4.57 Å². The highest BCUT2D eigenvalue weighted by Crippen LogP contribution is 2.15. The standard InChI is InChI=1S/C14H21ClN4O2/c1-3-5-7-18-10(9-15)16-12-11(18)13(20)17-14(21)19(12)8-6-4-2/h3-9H2,1-2H3,(H,17,20,21). The van der Waals surface area contributed by atoms with E-state index < -0.39 is 5.69 Å². The highest BCUT2D eigenvalue weighted by Gasteiger charge is 2.17. The van der Waals surface area contributed by atoms with Crippen LogP contribution in [0.1, 0.15) is 45.4 Å². The molecule has 0 saturated carbocycles. The predicted octanol–water partition coefficient (Wildman–Crippen LogP) is 2.23. The van der Waals surface area contributed by atoms with Crippen LogP contribution >= 0.6 is 11.6 Å². The summed E-state index contributed by atoms with van der Waals surface area (Å²) < 4.78 is 3.38. The summed E-state index contributed by atoms with van der Waals surface area (Å²) >= 11 is 5.95. The number of nitrogens with zero attached hydrogens (tertiary/aromatic N) is 3. The Kier molecular flexibility index (Phi) is 5.22. The summed E-state index contributed by atoms with van der Waals surface area (Å²) in [6, 6.07) is 0. The third-order valence-electron chi connectivity index (χ3n) is 3.55. The van der Waals surface area contributed by atoms with Crippen molar-refractivity contribution in [2.75, 3.05) is 0 Å². The van der Waals surface area contributed by atoms with Crippen molar-refractivity contribution in [3.63, 3.8) is 0 Å². The highest BCUT2D eigenvalue weighted by atomic mass is 35.5. The number of unbranched alkanes of at least 4 members (excludes halogenated alkanes) is 2. The van der Waals surface area contributed by atoms with Gasteiger partial charge in [-0.3, -0.25) is 14.3 Å². The van der Waals surface area contributed by atoms with Crippen LogP contribution in [0, 0.1) is 0 Å². The molecule has 2 rings (SSSR count). The van der Waals surface area contributed by atoms with Crippen LogP contribution < -0.4 is 11.2 Å². The second kappa shape index (κ2) is 6.93. The van der Waals surface area contributed by atoms with E-state index >= 15 is 0 Å². The molecule has 0 aliphatic rings. The van der Waals surface area contributed by atoms with Crippen LogP contribution in [-0.2, 0) is 19.0 Å². The number of rotatable bonds is 7. The fourth-order valence-electron chi connectivity index (χ4n) is 2.40. The summed E-state index contributed by atoms with van der Waals surface area (Å²) in [5.74, 6) is 0.862. The summed E-state index contributed by atoms with van der Waals surface area (Å²) in [4.78, 5) is 31.0. The third-order valence-corrected chi connectivity index (χ3v) is 3.79. The van der Waals surface area contributed by atoms with Crippen molar-refractivity contribution < 1.29 is 0 Å². The maximum absolute atomic E-state index is 12.2. The third kappa shape index (κ3) is 3.05. The SMILES string of the molecule is CCCCn1c(CCl)nc2c1c(=O)[nH]c(=O)n2CCCC. The van der Waals surface area contributed by atoms with Crippen LogP contribution in [0.3, 0.4) is 0 Å². The second-order valence-electron chi connectivity index (χ2n) is 5.10. The molecule has 2 heterocycles. The summed E-state index contributed by atoms with van der Waals surface area (Å²) in [6.07, 6.45) is 3.77. The summed E-state index contributed by atoms with van der Waals surface area (Å²) in [5.41, 5.74) is 0.115. The maximum Gasteiger partial charge on any atom is 0.330 e. The Morgan fingerprint density at radius 1 is 1.10 bits per heavy atom.